The molecule has 1 aromatic carbocycles. The Morgan fingerprint density at radius 1 is 1.21 bits per heavy atom. The van der Waals surface area contributed by atoms with Gasteiger partial charge in [0, 0.05) is 26.2 Å². The number of aliphatic hydroxyl groups is 1. The second kappa shape index (κ2) is 7.64. The van der Waals surface area contributed by atoms with E-state index in [9.17, 15) is 9.90 Å². The molecule has 0 radical (unpaired) electrons. The number of amides is 1. The number of nitrogens with one attached hydrogen (secondary N) is 1. The number of carbonyl (C=O) groups is 1. The first kappa shape index (κ1) is 18.9. The SMILES string of the molecule is Cc1ccc(C(C)(C)C(=O)NCC(C)(O)CN2CCOCC2)cc1. The van der Waals surface area contributed by atoms with Crippen molar-refractivity contribution in [2.24, 2.45) is 0 Å². The maximum Gasteiger partial charge on any atom is 0.230 e. The van der Waals surface area contributed by atoms with Crippen molar-refractivity contribution in [2.75, 3.05) is 39.4 Å². The van der Waals surface area contributed by atoms with E-state index < -0.39 is 11.0 Å². The summed E-state index contributed by atoms with van der Waals surface area (Å²) in [5.74, 6) is -0.0754. The molecule has 0 bridgehead atoms. The Morgan fingerprint density at radius 2 is 1.79 bits per heavy atom. The van der Waals surface area contributed by atoms with Crippen LogP contribution in [0.5, 0.6) is 0 Å². The highest BCUT2D eigenvalue weighted by molar-refractivity contribution is 5.87. The number of rotatable bonds is 6. The number of benzene rings is 1. The molecule has 1 heterocycles. The van der Waals surface area contributed by atoms with Crippen LogP contribution in [0, 0.1) is 6.92 Å². The molecule has 0 aliphatic carbocycles. The van der Waals surface area contributed by atoms with Gasteiger partial charge in [0.05, 0.1) is 24.2 Å². The number of morpholine rings is 1. The van der Waals surface area contributed by atoms with Crippen LogP contribution in [0.2, 0.25) is 0 Å². The Balaban J connectivity index is 1.91. The Bertz CT molecular complexity index is 546. The molecule has 1 amide bonds. The molecule has 1 aliphatic heterocycles. The van der Waals surface area contributed by atoms with Crippen molar-refractivity contribution >= 4 is 5.91 Å². The standard InChI is InChI=1S/C19H30N2O3/c1-15-5-7-16(8-6-15)18(2,3)17(22)20-13-19(4,23)14-21-9-11-24-12-10-21/h5-8,23H,9-14H2,1-4H3,(H,20,22). The molecule has 2 rings (SSSR count). The van der Waals surface area contributed by atoms with Crippen LogP contribution in [-0.4, -0.2) is 60.9 Å². The van der Waals surface area contributed by atoms with E-state index in [0.717, 1.165) is 18.7 Å². The highest BCUT2D eigenvalue weighted by Gasteiger charge is 2.32. The summed E-state index contributed by atoms with van der Waals surface area (Å²) >= 11 is 0. The van der Waals surface area contributed by atoms with Gasteiger partial charge in [-0.25, -0.2) is 0 Å². The maximum atomic E-state index is 12.6. The summed E-state index contributed by atoms with van der Waals surface area (Å²) in [7, 11) is 0. The molecule has 24 heavy (non-hydrogen) atoms. The van der Waals surface area contributed by atoms with Gasteiger partial charge in [0.25, 0.3) is 0 Å². The van der Waals surface area contributed by atoms with Crippen molar-refractivity contribution in [2.45, 2.75) is 38.7 Å². The van der Waals surface area contributed by atoms with Gasteiger partial charge >= 0.3 is 0 Å². The first-order valence-corrected chi connectivity index (χ1v) is 8.59. The fraction of sp³-hybridized carbons (Fsp3) is 0.632. The molecular weight excluding hydrogens is 304 g/mol. The molecule has 0 spiro atoms. The Hall–Kier alpha value is -1.43. The molecule has 5 heteroatoms. The molecule has 1 atom stereocenters. The zero-order valence-corrected chi connectivity index (χ0v) is 15.3. The summed E-state index contributed by atoms with van der Waals surface area (Å²) in [5.41, 5.74) is 0.542. The van der Waals surface area contributed by atoms with Gasteiger partial charge in [-0.15, -0.1) is 0 Å². The summed E-state index contributed by atoms with van der Waals surface area (Å²) in [6.07, 6.45) is 0. The predicted molar refractivity (Wildman–Crippen MR) is 95.1 cm³/mol. The zero-order valence-electron chi connectivity index (χ0n) is 15.3. The first-order chi connectivity index (χ1) is 11.2. The van der Waals surface area contributed by atoms with E-state index >= 15 is 0 Å². The lowest BCUT2D eigenvalue weighted by Gasteiger charge is -2.34. The van der Waals surface area contributed by atoms with Gasteiger partial charge in [0.2, 0.25) is 5.91 Å². The van der Waals surface area contributed by atoms with E-state index in [1.54, 1.807) is 6.92 Å². The van der Waals surface area contributed by atoms with Gasteiger partial charge in [0.15, 0.2) is 0 Å². The molecule has 1 saturated heterocycles. The van der Waals surface area contributed by atoms with Crippen LogP contribution in [0.1, 0.15) is 31.9 Å². The van der Waals surface area contributed by atoms with Crippen LogP contribution in [0.15, 0.2) is 24.3 Å². The number of ether oxygens (including phenoxy) is 1. The second-order valence-corrected chi connectivity index (χ2v) is 7.56. The van der Waals surface area contributed by atoms with E-state index in [-0.39, 0.29) is 12.5 Å². The average Bonchev–Trinajstić information content (AvgIpc) is 2.53. The van der Waals surface area contributed by atoms with Crippen LogP contribution in [0.4, 0.5) is 0 Å². The minimum Gasteiger partial charge on any atom is -0.387 e. The molecule has 1 aliphatic rings. The number of nitrogens with zero attached hydrogens (tertiary/aromatic N) is 1. The monoisotopic (exact) mass is 334 g/mol. The van der Waals surface area contributed by atoms with Crippen molar-refractivity contribution < 1.29 is 14.6 Å². The second-order valence-electron chi connectivity index (χ2n) is 7.56. The highest BCUT2D eigenvalue weighted by atomic mass is 16.5. The van der Waals surface area contributed by atoms with E-state index in [0.29, 0.717) is 19.8 Å². The van der Waals surface area contributed by atoms with Gasteiger partial charge in [-0.3, -0.25) is 9.69 Å². The molecule has 1 unspecified atom stereocenters. The van der Waals surface area contributed by atoms with E-state index in [4.69, 9.17) is 4.74 Å². The average molecular weight is 334 g/mol. The minimum atomic E-state index is -0.962. The molecule has 0 aromatic heterocycles. The molecule has 2 N–H and O–H groups in total. The summed E-state index contributed by atoms with van der Waals surface area (Å²) in [5, 5.41) is 13.5. The van der Waals surface area contributed by atoms with Crippen molar-refractivity contribution in [3.63, 3.8) is 0 Å². The number of β-amino-alcohol motifs (C(OH)–C–C–N with tert-alkyl or cyclic N) is 1. The lowest BCUT2D eigenvalue weighted by molar-refractivity contribution is -0.127. The van der Waals surface area contributed by atoms with Crippen LogP contribution < -0.4 is 5.32 Å². The summed E-state index contributed by atoms with van der Waals surface area (Å²) in [4.78, 5) is 14.8. The molecule has 134 valence electrons. The Morgan fingerprint density at radius 3 is 2.38 bits per heavy atom. The van der Waals surface area contributed by atoms with Gasteiger partial charge in [0.1, 0.15) is 0 Å². The summed E-state index contributed by atoms with van der Waals surface area (Å²) in [6, 6.07) is 8.00. The van der Waals surface area contributed by atoms with Crippen molar-refractivity contribution in [1.29, 1.82) is 0 Å². The molecule has 1 fully saturated rings. The van der Waals surface area contributed by atoms with Crippen molar-refractivity contribution in [3.05, 3.63) is 35.4 Å². The Labute approximate surface area is 145 Å². The quantitative estimate of drug-likeness (QED) is 0.827. The first-order valence-electron chi connectivity index (χ1n) is 8.59. The normalized spacial score (nSPS) is 18.9. The van der Waals surface area contributed by atoms with Gasteiger partial charge < -0.3 is 15.2 Å². The van der Waals surface area contributed by atoms with Crippen molar-refractivity contribution in [1.82, 2.24) is 10.2 Å². The number of carbonyl (C=O) groups excluding carboxylic acids is 1. The lowest BCUT2D eigenvalue weighted by Crippen LogP contribution is -2.53. The number of hydrogen-bond donors (Lipinski definition) is 2. The summed E-state index contributed by atoms with van der Waals surface area (Å²) in [6.45, 7) is 11.4. The predicted octanol–water partition coefficient (Wildman–Crippen LogP) is 1.47. The van der Waals surface area contributed by atoms with Gasteiger partial charge in [-0.1, -0.05) is 29.8 Å². The fourth-order valence-electron chi connectivity index (χ4n) is 2.89. The summed E-state index contributed by atoms with van der Waals surface area (Å²) < 4.78 is 5.32. The highest BCUT2D eigenvalue weighted by Crippen LogP contribution is 2.24. The number of hydrogen-bond acceptors (Lipinski definition) is 4. The minimum absolute atomic E-state index is 0.0754. The smallest absolute Gasteiger partial charge is 0.230 e. The third-order valence-electron chi connectivity index (χ3n) is 4.64. The fourth-order valence-corrected chi connectivity index (χ4v) is 2.89. The van der Waals surface area contributed by atoms with E-state index in [1.807, 2.05) is 45.0 Å². The van der Waals surface area contributed by atoms with Gasteiger partial charge in [-0.05, 0) is 33.3 Å². The Kier molecular flexibility index (Phi) is 6.01. The lowest BCUT2D eigenvalue weighted by atomic mass is 9.83. The molecule has 5 nitrogen and oxygen atoms in total. The maximum absolute atomic E-state index is 12.6. The molecule has 1 aromatic rings. The van der Waals surface area contributed by atoms with Crippen LogP contribution >= 0.6 is 0 Å². The van der Waals surface area contributed by atoms with E-state index in [2.05, 4.69) is 10.2 Å². The third-order valence-corrected chi connectivity index (χ3v) is 4.64. The molecule has 0 saturated carbocycles. The largest absolute Gasteiger partial charge is 0.387 e. The third kappa shape index (κ3) is 5.03. The topological polar surface area (TPSA) is 61.8 Å². The van der Waals surface area contributed by atoms with Crippen LogP contribution in [0.3, 0.4) is 0 Å². The van der Waals surface area contributed by atoms with Crippen LogP contribution in [-0.2, 0) is 14.9 Å². The number of aryl methyl sites for hydroxylation is 1. The van der Waals surface area contributed by atoms with E-state index in [1.165, 1.54) is 5.56 Å². The van der Waals surface area contributed by atoms with Gasteiger partial charge in [-0.2, -0.15) is 0 Å². The molecular formula is C19H30N2O3. The van der Waals surface area contributed by atoms with Crippen molar-refractivity contribution in [3.8, 4) is 0 Å². The zero-order chi connectivity index (χ0) is 17.8. The van der Waals surface area contributed by atoms with Crippen LogP contribution in [0.25, 0.3) is 0 Å².